The van der Waals surface area contributed by atoms with Gasteiger partial charge < -0.3 is 4.42 Å². The number of hydrogen-bond donors (Lipinski definition) is 1. The van der Waals surface area contributed by atoms with Gasteiger partial charge in [0.05, 0.1) is 5.69 Å². The SMILES string of the molecule is N#CC(C#N)=NNc1ccc(-c2nnco2)cc1. The van der Waals surface area contributed by atoms with Crippen molar-refractivity contribution in [3.05, 3.63) is 30.7 Å². The predicted octanol–water partition coefficient (Wildman–Crippen LogP) is 1.55. The molecule has 0 unspecified atom stereocenters. The molecule has 0 radical (unpaired) electrons. The van der Waals surface area contributed by atoms with Gasteiger partial charge in [-0.2, -0.15) is 15.6 Å². The second-order valence-electron chi connectivity index (χ2n) is 3.12. The molecule has 7 nitrogen and oxygen atoms in total. The van der Waals surface area contributed by atoms with E-state index in [9.17, 15) is 0 Å². The monoisotopic (exact) mass is 238 g/mol. The number of nitrogens with zero attached hydrogens (tertiary/aromatic N) is 5. The van der Waals surface area contributed by atoms with E-state index in [0.717, 1.165) is 5.56 Å². The largest absolute Gasteiger partial charge is 0.423 e. The number of anilines is 1. The van der Waals surface area contributed by atoms with Crippen LogP contribution in [0.2, 0.25) is 0 Å². The van der Waals surface area contributed by atoms with Crippen LogP contribution in [0, 0.1) is 22.7 Å². The molecule has 2 aromatic rings. The molecule has 0 saturated carbocycles. The average Bonchev–Trinajstić information content (AvgIpc) is 2.94. The fraction of sp³-hybridized carbons (Fsp3) is 0. The first-order valence-electron chi connectivity index (χ1n) is 4.84. The van der Waals surface area contributed by atoms with Crippen molar-refractivity contribution in [2.24, 2.45) is 5.10 Å². The van der Waals surface area contributed by atoms with Crippen molar-refractivity contribution >= 4 is 11.4 Å². The van der Waals surface area contributed by atoms with Gasteiger partial charge in [-0.3, -0.25) is 5.43 Å². The Labute approximate surface area is 102 Å². The van der Waals surface area contributed by atoms with Gasteiger partial charge in [0.2, 0.25) is 18.0 Å². The summed E-state index contributed by atoms with van der Waals surface area (Å²) in [5.41, 5.74) is 3.76. The fourth-order valence-corrected chi connectivity index (χ4v) is 1.18. The molecule has 18 heavy (non-hydrogen) atoms. The van der Waals surface area contributed by atoms with Crippen molar-refractivity contribution < 1.29 is 4.42 Å². The van der Waals surface area contributed by atoms with Gasteiger partial charge in [-0.1, -0.05) is 0 Å². The van der Waals surface area contributed by atoms with E-state index in [-0.39, 0.29) is 5.71 Å². The lowest BCUT2D eigenvalue weighted by molar-refractivity contribution is 0.568. The first kappa shape index (κ1) is 11.3. The van der Waals surface area contributed by atoms with Gasteiger partial charge in [-0.15, -0.1) is 10.2 Å². The van der Waals surface area contributed by atoms with Gasteiger partial charge >= 0.3 is 0 Å². The van der Waals surface area contributed by atoms with Crippen LogP contribution in [0.15, 0.2) is 40.2 Å². The minimum atomic E-state index is -0.240. The number of hydrazone groups is 1. The topological polar surface area (TPSA) is 111 Å². The quantitative estimate of drug-likeness (QED) is 0.641. The van der Waals surface area contributed by atoms with E-state index in [1.54, 1.807) is 36.4 Å². The first-order chi connectivity index (χ1) is 8.83. The normalized spacial score (nSPS) is 9.00. The maximum absolute atomic E-state index is 8.50. The second-order valence-corrected chi connectivity index (χ2v) is 3.12. The van der Waals surface area contributed by atoms with Crippen molar-refractivity contribution in [2.75, 3.05) is 5.43 Å². The number of nitrogens with one attached hydrogen (secondary N) is 1. The molecule has 0 aliphatic carbocycles. The highest BCUT2D eigenvalue weighted by Crippen LogP contribution is 2.18. The lowest BCUT2D eigenvalue weighted by atomic mass is 10.2. The standard InChI is InChI=1S/C11H6N6O/c12-5-10(6-13)16-15-9-3-1-8(2-4-9)11-17-14-7-18-11/h1-4,7,15H. The molecule has 2 rings (SSSR count). The van der Waals surface area contributed by atoms with Crippen LogP contribution in [0.25, 0.3) is 11.5 Å². The summed E-state index contributed by atoms with van der Waals surface area (Å²) in [6.45, 7) is 0. The van der Waals surface area contributed by atoms with Crippen molar-refractivity contribution in [3.8, 4) is 23.6 Å². The van der Waals surface area contributed by atoms with Crippen LogP contribution < -0.4 is 5.43 Å². The van der Waals surface area contributed by atoms with Crippen LogP contribution in [-0.2, 0) is 0 Å². The molecule has 0 spiro atoms. The molecule has 1 heterocycles. The van der Waals surface area contributed by atoms with Crippen LogP contribution in [0.3, 0.4) is 0 Å². The summed E-state index contributed by atoms with van der Waals surface area (Å²) in [4.78, 5) is 0. The van der Waals surface area contributed by atoms with E-state index >= 15 is 0 Å². The van der Waals surface area contributed by atoms with Gasteiger partial charge in [-0.05, 0) is 24.3 Å². The fourth-order valence-electron chi connectivity index (χ4n) is 1.18. The van der Waals surface area contributed by atoms with Crippen LogP contribution in [0.4, 0.5) is 5.69 Å². The molecule has 1 aromatic heterocycles. The number of rotatable bonds is 3. The number of aromatic nitrogens is 2. The number of nitriles is 2. The molecule has 0 bridgehead atoms. The maximum atomic E-state index is 8.50. The number of benzene rings is 1. The van der Waals surface area contributed by atoms with Gasteiger partial charge in [0.25, 0.3) is 0 Å². The highest BCUT2D eigenvalue weighted by Gasteiger charge is 2.02. The summed E-state index contributed by atoms with van der Waals surface area (Å²) < 4.78 is 5.04. The third kappa shape index (κ3) is 2.49. The zero-order chi connectivity index (χ0) is 12.8. The molecule has 1 aromatic carbocycles. The molecule has 0 fully saturated rings. The Morgan fingerprint density at radius 2 is 1.94 bits per heavy atom. The Morgan fingerprint density at radius 3 is 2.50 bits per heavy atom. The Balaban J connectivity index is 2.12. The highest BCUT2D eigenvalue weighted by molar-refractivity contribution is 6.10. The van der Waals surface area contributed by atoms with Crippen LogP contribution in [0.1, 0.15) is 0 Å². The van der Waals surface area contributed by atoms with E-state index in [2.05, 4.69) is 20.7 Å². The molecule has 0 aliphatic rings. The average molecular weight is 238 g/mol. The zero-order valence-electron chi connectivity index (χ0n) is 9.03. The lowest BCUT2D eigenvalue weighted by Gasteiger charge is -2.00. The zero-order valence-corrected chi connectivity index (χ0v) is 9.03. The lowest BCUT2D eigenvalue weighted by Crippen LogP contribution is -1.96. The molecule has 0 atom stereocenters. The van der Waals surface area contributed by atoms with Crippen molar-refractivity contribution in [1.29, 1.82) is 10.5 Å². The Bertz CT molecular complexity index is 614. The second kappa shape index (κ2) is 5.23. The Hall–Kier alpha value is -3.19. The molecule has 86 valence electrons. The van der Waals surface area contributed by atoms with Crippen LogP contribution in [0.5, 0.6) is 0 Å². The van der Waals surface area contributed by atoms with Crippen LogP contribution in [-0.4, -0.2) is 15.9 Å². The Morgan fingerprint density at radius 1 is 1.22 bits per heavy atom. The molecular formula is C11H6N6O. The molecule has 1 N–H and O–H groups in total. The van der Waals surface area contributed by atoms with Crippen molar-refractivity contribution in [1.82, 2.24) is 10.2 Å². The van der Waals surface area contributed by atoms with Gasteiger partial charge in [0.15, 0.2) is 0 Å². The van der Waals surface area contributed by atoms with Gasteiger partial charge in [-0.25, -0.2) is 0 Å². The summed E-state index contributed by atoms with van der Waals surface area (Å²) in [5, 5.41) is 28.0. The summed E-state index contributed by atoms with van der Waals surface area (Å²) in [5.74, 6) is 0.416. The predicted molar refractivity (Wildman–Crippen MR) is 62.0 cm³/mol. The summed E-state index contributed by atoms with van der Waals surface area (Å²) in [7, 11) is 0. The van der Waals surface area contributed by atoms with Crippen molar-refractivity contribution in [2.45, 2.75) is 0 Å². The smallest absolute Gasteiger partial charge is 0.247 e. The van der Waals surface area contributed by atoms with Gasteiger partial charge in [0.1, 0.15) is 12.1 Å². The highest BCUT2D eigenvalue weighted by atomic mass is 16.4. The number of hydrogen-bond acceptors (Lipinski definition) is 7. The van der Waals surface area contributed by atoms with E-state index < -0.39 is 0 Å². The van der Waals surface area contributed by atoms with Crippen LogP contribution >= 0.6 is 0 Å². The summed E-state index contributed by atoms with van der Waals surface area (Å²) >= 11 is 0. The first-order valence-corrected chi connectivity index (χ1v) is 4.84. The Kier molecular flexibility index (Phi) is 3.29. The van der Waals surface area contributed by atoms with E-state index in [1.807, 2.05) is 0 Å². The maximum Gasteiger partial charge on any atom is 0.247 e. The minimum Gasteiger partial charge on any atom is -0.423 e. The summed E-state index contributed by atoms with van der Waals surface area (Å²) in [6, 6.07) is 10.2. The van der Waals surface area contributed by atoms with E-state index in [4.69, 9.17) is 14.9 Å². The third-order valence-corrected chi connectivity index (χ3v) is 2.00. The van der Waals surface area contributed by atoms with E-state index in [1.165, 1.54) is 6.39 Å². The molecule has 0 saturated heterocycles. The molecule has 7 heteroatoms. The third-order valence-electron chi connectivity index (χ3n) is 2.00. The van der Waals surface area contributed by atoms with Gasteiger partial charge in [0, 0.05) is 5.56 Å². The molecule has 0 aliphatic heterocycles. The van der Waals surface area contributed by atoms with Crippen molar-refractivity contribution in [3.63, 3.8) is 0 Å². The molecular weight excluding hydrogens is 232 g/mol. The summed E-state index contributed by atoms with van der Waals surface area (Å²) in [6.07, 6.45) is 1.25. The van der Waals surface area contributed by atoms with E-state index in [0.29, 0.717) is 11.6 Å². The minimum absolute atomic E-state index is 0.240. The molecule has 0 amide bonds.